The fourth-order valence-corrected chi connectivity index (χ4v) is 2.74. The van der Waals surface area contributed by atoms with Crippen LogP contribution in [0.5, 0.6) is 11.5 Å². The molecule has 0 radical (unpaired) electrons. The molecule has 0 fully saturated rings. The third-order valence-corrected chi connectivity index (χ3v) is 4.08. The molecule has 4 heteroatoms. The number of hydrogen-bond donors (Lipinski definition) is 0. The summed E-state index contributed by atoms with van der Waals surface area (Å²) >= 11 is 1.68. The molecule has 18 heavy (non-hydrogen) atoms. The van der Waals surface area contributed by atoms with Crippen LogP contribution in [0.25, 0.3) is 10.6 Å². The van der Waals surface area contributed by atoms with E-state index in [9.17, 15) is 0 Å². The van der Waals surface area contributed by atoms with E-state index < -0.39 is 0 Å². The van der Waals surface area contributed by atoms with Crippen molar-refractivity contribution < 1.29 is 9.47 Å². The average Bonchev–Trinajstić information content (AvgIpc) is 2.69. The fraction of sp³-hybridized carbons (Fsp3) is 0.357. The summed E-state index contributed by atoms with van der Waals surface area (Å²) in [7, 11) is 3.36. The Balaban J connectivity index is 2.61. The van der Waals surface area contributed by atoms with Gasteiger partial charge in [-0.2, -0.15) is 0 Å². The van der Waals surface area contributed by atoms with E-state index in [1.165, 1.54) is 4.88 Å². The Morgan fingerprint density at radius 1 is 1.00 bits per heavy atom. The molecular weight excluding hydrogens is 246 g/mol. The highest BCUT2D eigenvalue weighted by Gasteiger charge is 2.14. The zero-order valence-electron chi connectivity index (χ0n) is 11.3. The third-order valence-electron chi connectivity index (χ3n) is 2.98. The van der Waals surface area contributed by atoms with Gasteiger partial charge in [-0.3, -0.25) is 0 Å². The Labute approximate surface area is 111 Å². The SMILES string of the molecule is COc1cc(-c2nc(C)c(C)s2)c(OC)cc1C. The van der Waals surface area contributed by atoms with Gasteiger partial charge < -0.3 is 9.47 Å². The maximum atomic E-state index is 5.44. The smallest absolute Gasteiger partial charge is 0.129 e. The first kappa shape index (κ1) is 12.9. The number of methoxy groups -OCH3 is 2. The van der Waals surface area contributed by atoms with Crippen LogP contribution in [-0.4, -0.2) is 19.2 Å². The molecule has 1 aromatic carbocycles. The molecule has 0 atom stereocenters. The molecule has 0 N–H and O–H groups in total. The predicted octanol–water partition coefficient (Wildman–Crippen LogP) is 3.75. The van der Waals surface area contributed by atoms with E-state index in [0.29, 0.717) is 0 Å². The highest BCUT2D eigenvalue weighted by Crippen LogP contribution is 2.38. The van der Waals surface area contributed by atoms with Crippen molar-refractivity contribution in [1.29, 1.82) is 0 Å². The fourth-order valence-electron chi connectivity index (χ4n) is 1.81. The molecule has 96 valence electrons. The Bertz CT molecular complexity index is 556. The molecule has 0 aliphatic rings. The van der Waals surface area contributed by atoms with Gasteiger partial charge >= 0.3 is 0 Å². The highest BCUT2D eigenvalue weighted by atomic mass is 32.1. The number of rotatable bonds is 3. The predicted molar refractivity (Wildman–Crippen MR) is 74.9 cm³/mol. The Morgan fingerprint density at radius 2 is 1.67 bits per heavy atom. The Kier molecular flexibility index (Phi) is 3.57. The lowest BCUT2D eigenvalue weighted by molar-refractivity contribution is 0.402. The molecule has 0 amide bonds. The van der Waals surface area contributed by atoms with Crippen molar-refractivity contribution in [3.8, 4) is 22.1 Å². The number of ether oxygens (including phenoxy) is 2. The maximum Gasteiger partial charge on any atom is 0.129 e. The molecule has 1 heterocycles. The van der Waals surface area contributed by atoms with Crippen molar-refractivity contribution in [2.45, 2.75) is 20.8 Å². The summed E-state index contributed by atoms with van der Waals surface area (Å²) < 4.78 is 10.8. The van der Waals surface area contributed by atoms with Crippen LogP contribution in [0.1, 0.15) is 16.1 Å². The first-order valence-corrected chi connectivity index (χ1v) is 6.55. The normalized spacial score (nSPS) is 10.5. The van der Waals surface area contributed by atoms with Crippen molar-refractivity contribution in [3.63, 3.8) is 0 Å². The second-order valence-electron chi connectivity index (χ2n) is 4.18. The molecule has 0 spiro atoms. The highest BCUT2D eigenvalue weighted by molar-refractivity contribution is 7.15. The van der Waals surface area contributed by atoms with Crippen LogP contribution >= 0.6 is 11.3 Å². The van der Waals surface area contributed by atoms with E-state index in [2.05, 4.69) is 11.9 Å². The molecule has 0 aliphatic heterocycles. The molecule has 2 rings (SSSR count). The van der Waals surface area contributed by atoms with E-state index in [1.807, 2.05) is 26.0 Å². The number of hydrogen-bond acceptors (Lipinski definition) is 4. The van der Waals surface area contributed by atoms with Crippen LogP contribution in [0.3, 0.4) is 0 Å². The molecular formula is C14H17NO2S. The molecule has 3 nitrogen and oxygen atoms in total. The summed E-state index contributed by atoms with van der Waals surface area (Å²) in [5.41, 5.74) is 3.11. The van der Waals surface area contributed by atoms with E-state index in [1.54, 1.807) is 25.6 Å². The van der Waals surface area contributed by atoms with Gasteiger partial charge in [0.1, 0.15) is 16.5 Å². The molecule has 0 bridgehead atoms. The van der Waals surface area contributed by atoms with Crippen LogP contribution in [0.4, 0.5) is 0 Å². The summed E-state index contributed by atoms with van der Waals surface area (Å²) in [6.07, 6.45) is 0. The van der Waals surface area contributed by atoms with Gasteiger partial charge in [0.15, 0.2) is 0 Å². The zero-order valence-corrected chi connectivity index (χ0v) is 12.1. The van der Waals surface area contributed by atoms with Crippen molar-refractivity contribution in [3.05, 3.63) is 28.3 Å². The van der Waals surface area contributed by atoms with E-state index in [0.717, 1.165) is 33.3 Å². The first-order chi connectivity index (χ1) is 8.56. The molecule has 0 unspecified atom stereocenters. The monoisotopic (exact) mass is 263 g/mol. The molecule has 0 saturated heterocycles. The average molecular weight is 263 g/mol. The van der Waals surface area contributed by atoms with Gasteiger partial charge in [-0.1, -0.05) is 0 Å². The second-order valence-corrected chi connectivity index (χ2v) is 5.39. The minimum Gasteiger partial charge on any atom is -0.496 e. The zero-order chi connectivity index (χ0) is 13.3. The van der Waals surface area contributed by atoms with Gasteiger partial charge in [-0.15, -0.1) is 11.3 Å². The van der Waals surface area contributed by atoms with Gasteiger partial charge in [0.05, 0.1) is 25.5 Å². The minimum absolute atomic E-state index is 0.835. The van der Waals surface area contributed by atoms with Crippen LogP contribution < -0.4 is 9.47 Å². The van der Waals surface area contributed by atoms with Crippen molar-refractivity contribution >= 4 is 11.3 Å². The van der Waals surface area contributed by atoms with Gasteiger partial charge in [0.25, 0.3) is 0 Å². The van der Waals surface area contributed by atoms with Crippen molar-refractivity contribution in [2.75, 3.05) is 14.2 Å². The van der Waals surface area contributed by atoms with E-state index in [-0.39, 0.29) is 0 Å². The third kappa shape index (κ3) is 2.20. The quantitative estimate of drug-likeness (QED) is 0.845. The number of aromatic nitrogens is 1. The lowest BCUT2D eigenvalue weighted by Crippen LogP contribution is -1.93. The summed E-state index contributed by atoms with van der Waals surface area (Å²) in [5.74, 6) is 1.69. The van der Waals surface area contributed by atoms with Crippen molar-refractivity contribution in [1.82, 2.24) is 4.98 Å². The molecule has 0 aliphatic carbocycles. The molecule has 0 saturated carbocycles. The van der Waals surface area contributed by atoms with Crippen LogP contribution in [-0.2, 0) is 0 Å². The summed E-state index contributed by atoms with van der Waals surface area (Å²) in [6.45, 7) is 6.10. The lowest BCUT2D eigenvalue weighted by atomic mass is 10.1. The van der Waals surface area contributed by atoms with Gasteiger partial charge in [-0.25, -0.2) is 4.98 Å². The lowest BCUT2D eigenvalue weighted by Gasteiger charge is -2.11. The largest absolute Gasteiger partial charge is 0.496 e. The number of benzene rings is 1. The van der Waals surface area contributed by atoms with Gasteiger partial charge in [0.2, 0.25) is 0 Å². The van der Waals surface area contributed by atoms with E-state index >= 15 is 0 Å². The standard InChI is InChI=1S/C14H17NO2S/c1-8-6-13(17-5)11(7-12(8)16-4)14-15-9(2)10(3)18-14/h6-7H,1-5H3. The summed E-state index contributed by atoms with van der Waals surface area (Å²) in [4.78, 5) is 5.81. The number of nitrogens with zero attached hydrogens (tertiary/aromatic N) is 1. The van der Waals surface area contributed by atoms with E-state index in [4.69, 9.17) is 9.47 Å². The minimum atomic E-state index is 0.835. The van der Waals surface area contributed by atoms with Gasteiger partial charge in [-0.05, 0) is 38.5 Å². The molecule has 1 aromatic heterocycles. The summed E-state index contributed by atoms with van der Waals surface area (Å²) in [5, 5.41) is 0.972. The molecule has 2 aromatic rings. The topological polar surface area (TPSA) is 31.4 Å². The van der Waals surface area contributed by atoms with Crippen molar-refractivity contribution in [2.24, 2.45) is 0 Å². The van der Waals surface area contributed by atoms with Crippen LogP contribution in [0.15, 0.2) is 12.1 Å². The Hall–Kier alpha value is -1.55. The maximum absolute atomic E-state index is 5.44. The number of thiazole rings is 1. The first-order valence-electron chi connectivity index (χ1n) is 5.73. The Morgan fingerprint density at radius 3 is 2.17 bits per heavy atom. The van der Waals surface area contributed by atoms with Gasteiger partial charge in [0, 0.05) is 4.88 Å². The number of aryl methyl sites for hydroxylation is 3. The van der Waals surface area contributed by atoms with Crippen LogP contribution in [0.2, 0.25) is 0 Å². The summed E-state index contributed by atoms with van der Waals surface area (Å²) in [6, 6.07) is 3.98. The van der Waals surface area contributed by atoms with Crippen LogP contribution in [0, 0.1) is 20.8 Å². The second kappa shape index (κ2) is 4.98.